The highest BCUT2D eigenvalue weighted by Gasteiger charge is 2.23. The van der Waals surface area contributed by atoms with E-state index in [1.807, 2.05) is 0 Å². The lowest BCUT2D eigenvalue weighted by molar-refractivity contribution is 0.182. The Hall–Kier alpha value is -0.0800. The molecule has 0 radical (unpaired) electrons. The summed E-state index contributed by atoms with van der Waals surface area (Å²) in [6.45, 7) is 2.01. The summed E-state index contributed by atoms with van der Waals surface area (Å²) in [5.74, 6) is 1.78. The predicted molar refractivity (Wildman–Crippen MR) is 53.5 cm³/mol. The Bertz CT molecular complexity index is 154. The van der Waals surface area contributed by atoms with E-state index in [1.165, 1.54) is 38.5 Å². The van der Waals surface area contributed by atoms with Gasteiger partial charge in [-0.3, -0.25) is 0 Å². The van der Waals surface area contributed by atoms with E-state index in [2.05, 4.69) is 0 Å². The molecule has 76 valence electrons. The van der Waals surface area contributed by atoms with Gasteiger partial charge < -0.3 is 10.5 Å². The molecular weight excluding hydrogens is 162 g/mol. The van der Waals surface area contributed by atoms with Gasteiger partial charge in [-0.15, -0.1) is 0 Å². The summed E-state index contributed by atoms with van der Waals surface area (Å²) in [5, 5.41) is 0. The lowest BCUT2D eigenvalue weighted by Crippen LogP contribution is -2.15. The van der Waals surface area contributed by atoms with Crippen molar-refractivity contribution in [3.05, 3.63) is 0 Å². The lowest BCUT2D eigenvalue weighted by atomic mass is 9.94. The molecule has 2 fully saturated rings. The van der Waals surface area contributed by atoms with Gasteiger partial charge in [-0.25, -0.2) is 0 Å². The minimum absolute atomic E-state index is 0.504. The fourth-order valence-electron chi connectivity index (χ4n) is 2.66. The van der Waals surface area contributed by atoms with Gasteiger partial charge in [-0.2, -0.15) is 0 Å². The molecule has 1 heterocycles. The van der Waals surface area contributed by atoms with Crippen LogP contribution in [0.4, 0.5) is 0 Å². The largest absolute Gasteiger partial charge is 0.381 e. The summed E-state index contributed by atoms with van der Waals surface area (Å²) >= 11 is 0. The van der Waals surface area contributed by atoms with E-state index in [1.54, 1.807) is 0 Å². The highest BCUT2D eigenvalue weighted by molar-refractivity contribution is 4.78. The molecular formula is C11H21NO. The van der Waals surface area contributed by atoms with Crippen LogP contribution in [0.15, 0.2) is 0 Å². The fraction of sp³-hybridized carbons (Fsp3) is 1.00. The summed E-state index contributed by atoms with van der Waals surface area (Å²) in [5.41, 5.74) is 5.88. The van der Waals surface area contributed by atoms with E-state index in [-0.39, 0.29) is 0 Å². The first kappa shape index (κ1) is 9.47. The molecule has 2 heteroatoms. The van der Waals surface area contributed by atoms with Crippen LogP contribution in [0, 0.1) is 11.8 Å². The van der Waals surface area contributed by atoms with Crippen molar-refractivity contribution >= 4 is 0 Å². The molecule has 0 aromatic rings. The molecule has 2 N–H and O–H groups in total. The van der Waals surface area contributed by atoms with Crippen LogP contribution in [0.2, 0.25) is 0 Å². The molecule has 0 aromatic carbocycles. The molecule has 0 amide bonds. The van der Waals surface area contributed by atoms with E-state index in [0.29, 0.717) is 6.04 Å². The summed E-state index contributed by atoms with van der Waals surface area (Å²) in [4.78, 5) is 0. The van der Waals surface area contributed by atoms with E-state index in [9.17, 15) is 0 Å². The fourth-order valence-corrected chi connectivity index (χ4v) is 2.66. The topological polar surface area (TPSA) is 35.2 Å². The van der Waals surface area contributed by atoms with Crippen LogP contribution in [0.5, 0.6) is 0 Å². The highest BCUT2D eigenvalue weighted by Crippen LogP contribution is 2.30. The number of rotatable bonds is 3. The molecule has 1 aliphatic heterocycles. The Morgan fingerprint density at radius 2 is 1.92 bits per heavy atom. The monoisotopic (exact) mass is 183 g/mol. The van der Waals surface area contributed by atoms with Crippen LogP contribution in [0.3, 0.4) is 0 Å². The average molecular weight is 183 g/mol. The third-order valence-corrected chi connectivity index (χ3v) is 3.59. The Balaban J connectivity index is 1.62. The van der Waals surface area contributed by atoms with E-state index < -0.39 is 0 Å². The molecule has 3 unspecified atom stereocenters. The van der Waals surface area contributed by atoms with Gasteiger partial charge in [0.25, 0.3) is 0 Å². The van der Waals surface area contributed by atoms with Gasteiger partial charge in [0, 0.05) is 19.3 Å². The number of hydrogen-bond donors (Lipinski definition) is 1. The standard InChI is InChI=1S/C11H21NO/c12-11-4-3-9(7-11)1-2-10-5-6-13-8-10/h9-11H,1-8,12H2. The van der Waals surface area contributed by atoms with Crippen molar-refractivity contribution in [3.8, 4) is 0 Å². The molecule has 2 nitrogen and oxygen atoms in total. The smallest absolute Gasteiger partial charge is 0.0495 e. The van der Waals surface area contributed by atoms with E-state index in [4.69, 9.17) is 10.5 Å². The first-order valence-corrected chi connectivity index (χ1v) is 5.68. The number of hydrogen-bond acceptors (Lipinski definition) is 2. The van der Waals surface area contributed by atoms with Crippen molar-refractivity contribution in [1.82, 2.24) is 0 Å². The van der Waals surface area contributed by atoms with E-state index >= 15 is 0 Å². The van der Waals surface area contributed by atoms with Gasteiger partial charge >= 0.3 is 0 Å². The van der Waals surface area contributed by atoms with Crippen molar-refractivity contribution in [2.24, 2.45) is 17.6 Å². The summed E-state index contributed by atoms with van der Waals surface area (Å²) in [7, 11) is 0. The molecule has 1 saturated heterocycles. The van der Waals surface area contributed by atoms with Gasteiger partial charge in [0.1, 0.15) is 0 Å². The van der Waals surface area contributed by atoms with E-state index in [0.717, 1.165) is 25.0 Å². The second-order valence-electron chi connectivity index (χ2n) is 4.75. The van der Waals surface area contributed by atoms with Crippen molar-refractivity contribution in [3.63, 3.8) is 0 Å². The Morgan fingerprint density at radius 1 is 1.08 bits per heavy atom. The van der Waals surface area contributed by atoms with Gasteiger partial charge in [-0.1, -0.05) is 6.42 Å². The van der Waals surface area contributed by atoms with Crippen molar-refractivity contribution in [2.75, 3.05) is 13.2 Å². The highest BCUT2D eigenvalue weighted by atomic mass is 16.5. The second-order valence-corrected chi connectivity index (χ2v) is 4.75. The van der Waals surface area contributed by atoms with Gasteiger partial charge in [0.15, 0.2) is 0 Å². The molecule has 13 heavy (non-hydrogen) atoms. The van der Waals surface area contributed by atoms with Crippen molar-refractivity contribution < 1.29 is 4.74 Å². The van der Waals surface area contributed by atoms with Crippen LogP contribution < -0.4 is 5.73 Å². The van der Waals surface area contributed by atoms with Gasteiger partial charge in [-0.05, 0) is 43.9 Å². The third kappa shape index (κ3) is 2.68. The quantitative estimate of drug-likeness (QED) is 0.725. The van der Waals surface area contributed by atoms with Crippen LogP contribution in [0.1, 0.15) is 38.5 Å². The van der Waals surface area contributed by atoms with Gasteiger partial charge in [0.05, 0.1) is 0 Å². The zero-order valence-electron chi connectivity index (χ0n) is 8.37. The summed E-state index contributed by atoms with van der Waals surface area (Å²) < 4.78 is 5.37. The van der Waals surface area contributed by atoms with Crippen LogP contribution in [0.25, 0.3) is 0 Å². The zero-order chi connectivity index (χ0) is 9.10. The van der Waals surface area contributed by atoms with Gasteiger partial charge in [0.2, 0.25) is 0 Å². The maximum absolute atomic E-state index is 5.88. The minimum Gasteiger partial charge on any atom is -0.381 e. The maximum atomic E-state index is 5.88. The van der Waals surface area contributed by atoms with Crippen molar-refractivity contribution in [1.29, 1.82) is 0 Å². The van der Waals surface area contributed by atoms with Crippen LogP contribution in [-0.4, -0.2) is 19.3 Å². The molecule has 3 atom stereocenters. The molecule has 1 saturated carbocycles. The Kier molecular flexibility index (Phi) is 3.23. The zero-order valence-corrected chi connectivity index (χ0v) is 8.37. The normalized spacial score (nSPS) is 39.9. The van der Waals surface area contributed by atoms with Crippen LogP contribution >= 0.6 is 0 Å². The Morgan fingerprint density at radius 3 is 2.54 bits per heavy atom. The number of ether oxygens (including phenoxy) is 1. The van der Waals surface area contributed by atoms with Crippen molar-refractivity contribution in [2.45, 2.75) is 44.6 Å². The van der Waals surface area contributed by atoms with Crippen LogP contribution in [-0.2, 0) is 4.74 Å². The molecule has 2 aliphatic rings. The SMILES string of the molecule is NC1CCC(CCC2CCOC2)C1. The predicted octanol–water partition coefficient (Wildman–Crippen LogP) is 1.93. The number of nitrogens with two attached hydrogens (primary N) is 1. The first-order valence-electron chi connectivity index (χ1n) is 5.68. The molecule has 0 bridgehead atoms. The second kappa shape index (κ2) is 4.43. The maximum Gasteiger partial charge on any atom is 0.0495 e. The third-order valence-electron chi connectivity index (χ3n) is 3.59. The lowest BCUT2D eigenvalue weighted by Gasteiger charge is -2.12. The minimum atomic E-state index is 0.504. The summed E-state index contributed by atoms with van der Waals surface area (Å²) in [6.07, 6.45) is 7.95. The molecule has 0 aromatic heterocycles. The first-order chi connectivity index (χ1) is 6.34. The molecule has 0 spiro atoms. The summed E-state index contributed by atoms with van der Waals surface area (Å²) in [6, 6.07) is 0.504. The molecule has 2 rings (SSSR count). The molecule has 1 aliphatic carbocycles. The average Bonchev–Trinajstić information content (AvgIpc) is 2.71. The Labute approximate surface area is 80.8 Å².